The van der Waals surface area contributed by atoms with Gasteiger partial charge in [0, 0.05) is 26.7 Å². The molecule has 0 spiro atoms. The molecular formula is C18H30N4O2S. The van der Waals surface area contributed by atoms with Crippen molar-refractivity contribution in [2.45, 2.75) is 30.6 Å². The number of hydrogen-bond acceptors (Lipinski definition) is 4. The van der Waals surface area contributed by atoms with Gasteiger partial charge in [0.05, 0.1) is 10.6 Å². The fraction of sp³-hybridized carbons (Fsp3) is 0.611. The van der Waals surface area contributed by atoms with Crippen LogP contribution in [-0.4, -0.2) is 64.8 Å². The second kappa shape index (κ2) is 10.4. The molecule has 0 saturated carbocycles. The van der Waals surface area contributed by atoms with Crippen LogP contribution in [0.5, 0.6) is 0 Å². The molecule has 0 atom stereocenters. The van der Waals surface area contributed by atoms with Crippen LogP contribution in [0.15, 0.2) is 40.2 Å². The average molecular weight is 367 g/mol. The maximum absolute atomic E-state index is 12.2. The highest BCUT2D eigenvalue weighted by molar-refractivity contribution is 7.91. The summed E-state index contributed by atoms with van der Waals surface area (Å²) in [5, 5.41) is 6.48. The topological polar surface area (TPSA) is 73.8 Å². The number of hydrogen-bond donors (Lipinski definition) is 2. The summed E-state index contributed by atoms with van der Waals surface area (Å²) in [7, 11) is -1.47. The maximum Gasteiger partial charge on any atom is 0.191 e. The molecule has 0 aromatic heterocycles. The number of nitrogens with one attached hydrogen (secondary N) is 2. The molecular weight excluding hydrogens is 336 g/mol. The lowest BCUT2D eigenvalue weighted by Gasteiger charge is -2.26. The van der Waals surface area contributed by atoms with Gasteiger partial charge >= 0.3 is 0 Å². The van der Waals surface area contributed by atoms with Crippen molar-refractivity contribution in [2.24, 2.45) is 4.99 Å². The highest BCUT2D eigenvalue weighted by atomic mass is 32.2. The molecule has 25 heavy (non-hydrogen) atoms. The third-order valence-corrected chi connectivity index (χ3v) is 6.19. The summed E-state index contributed by atoms with van der Waals surface area (Å²) >= 11 is 0. The Morgan fingerprint density at radius 2 is 1.76 bits per heavy atom. The summed E-state index contributed by atoms with van der Waals surface area (Å²) in [5.41, 5.74) is 0. The van der Waals surface area contributed by atoms with Crippen molar-refractivity contribution < 1.29 is 8.42 Å². The molecule has 0 aliphatic carbocycles. The smallest absolute Gasteiger partial charge is 0.191 e. The first kappa shape index (κ1) is 19.7. The highest BCUT2D eigenvalue weighted by Crippen LogP contribution is 2.10. The lowest BCUT2D eigenvalue weighted by molar-refractivity contribution is 0.232. The van der Waals surface area contributed by atoms with Gasteiger partial charge in [-0.05, 0) is 44.5 Å². The Hall–Kier alpha value is -1.60. The molecule has 7 heteroatoms. The van der Waals surface area contributed by atoms with E-state index in [0.717, 1.165) is 19.0 Å². The van der Waals surface area contributed by atoms with Crippen molar-refractivity contribution in [3.63, 3.8) is 0 Å². The number of sulfone groups is 1. The number of benzene rings is 1. The number of nitrogens with zero attached hydrogens (tertiary/aromatic N) is 2. The summed E-state index contributed by atoms with van der Waals surface area (Å²) in [6.07, 6.45) is 4.48. The summed E-state index contributed by atoms with van der Waals surface area (Å²) in [6, 6.07) is 8.60. The van der Waals surface area contributed by atoms with Crippen molar-refractivity contribution in [3.8, 4) is 0 Å². The molecule has 0 bridgehead atoms. The van der Waals surface area contributed by atoms with Crippen molar-refractivity contribution in [2.75, 3.05) is 45.5 Å². The molecule has 1 aromatic carbocycles. The van der Waals surface area contributed by atoms with Gasteiger partial charge in [0.15, 0.2) is 15.8 Å². The largest absolute Gasteiger partial charge is 0.356 e. The van der Waals surface area contributed by atoms with Gasteiger partial charge in [-0.1, -0.05) is 24.6 Å². The van der Waals surface area contributed by atoms with E-state index >= 15 is 0 Å². The number of likely N-dealkylation sites (tertiary alicyclic amines) is 1. The van der Waals surface area contributed by atoms with E-state index in [2.05, 4.69) is 20.5 Å². The summed E-state index contributed by atoms with van der Waals surface area (Å²) in [6.45, 7) is 4.82. The Morgan fingerprint density at radius 1 is 1.08 bits per heavy atom. The second-order valence-corrected chi connectivity index (χ2v) is 8.42. The third-order valence-electron chi connectivity index (χ3n) is 4.38. The van der Waals surface area contributed by atoms with Crippen molar-refractivity contribution >= 4 is 15.8 Å². The maximum atomic E-state index is 12.2. The molecule has 1 fully saturated rings. The van der Waals surface area contributed by atoms with Crippen LogP contribution >= 0.6 is 0 Å². The third kappa shape index (κ3) is 7.04. The Kier molecular flexibility index (Phi) is 8.21. The van der Waals surface area contributed by atoms with Gasteiger partial charge < -0.3 is 15.5 Å². The Balaban J connectivity index is 1.64. The molecule has 1 aromatic rings. The fourth-order valence-electron chi connectivity index (χ4n) is 2.95. The number of aliphatic imine (C=N–C) groups is 1. The van der Waals surface area contributed by atoms with Gasteiger partial charge in [0.2, 0.25) is 0 Å². The van der Waals surface area contributed by atoms with Gasteiger partial charge in [-0.2, -0.15) is 0 Å². The SMILES string of the molecule is CN=C(NCCCS(=O)(=O)c1ccccc1)NCCN1CCCCC1. The van der Waals surface area contributed by atoms with E-state index < -0.39 is 9.84 Å². The lowest BCUT2D eigenvalue weighted by Crippen LogP contribution is -2.43. The molecule has 1 aliphatic rings. The Bertz CT molecular complexity index is 626. The van der Waals surface area contributed by atoms with Gasteiger partial charge in [0.25, 0.3) is 0 Å². The molecule has 0 amide bonds. The van der Waals surface area contributed by atoms with Crippen LogP contribution in [-0.2, 0) is 9.84 Å². The van der Waals surface area contributed by atoms with Crippen LogP contribution in [0, 0.1) is 0 Å². The van der Waals surface area contributed by atoms with Gasteiger partial charge in [-0.3, -0.25) is 4.99 Å². The normalized spacial score (nSPS) is 16.6. The summed E-state index contributed by atoms with van der Waals surface area (Å²) in [5.74, 6) is 0.864. The number of guanidine groups is 1. The minimum atomic E-state index is -3.20. The zero-order valence-corrected chi connectivity index (χ0v) is 15.9. The first-order chi connectivity index (χ1) is 12.1. The van der Waals surface area contributed by atoms with Gasteiger partial charge in [0.1, 0.15) is 0 Å². The quantitative estimate of drug-likeness (QED) is 0.414. The molecule has 6 nitrogen and oxygen atoms in total. The predicted molar refractivity (Wildman–Crippen MR) is 103 cm³/mol. The second-order valence-electron chi connectivity index (χ2n) is 6.31. The monoisotopic (exact) mass is 366 g/mol. The van der Waals surface area contributed by atoms with Crippen LogP contribution < -0.4 is 10.6 Å². The van der Waals surface area contributed by atoms with Crippen molar-refractivity contribution in [1.29, 1.82) is 0 Å². The van der Waals surface area contributed by atoms with Gasteiger partial charge in [-0.25, -0.2) is 8.42 Å². The number of rotatable bonds is 8. The average Bonchev–Trinajstić information content (AvgIpc) is 2.65. The molecule has 1 saturated heterocycles. The molecule has 0 radical (unpaired) electrons. The highest BCUT2D eigenvalue weighted by Gasteiger charge is 2.13. The number of piperidine rings is 1. The van der Waals surface area contributed by atoms with E-state index in [1.54, 1.807) is 31.3 Å². The zero-order chi connectivity index (χ0) is 18.0. The molecule has 1 aliphatic heterocycles. The van der Waals surface area contributed by atoms with E-state index in [-0.39, 0.29) is 5.75 Å². The lowest BCUT2D eigenvalue weighted by atomic mass is 10.1. The predicted octanol–water partition coefficient (Wildman–Crippen LogP) is 1.50. The van der Waals surface area contributed by atoms with E-state index in [1.807, 2.05) is 6.07 Å². The fourth-order valence-corrected chi connectivity index (χ4v) is 4.28. The molecule has 0 unspecified atom stereocenters. The molecule has 2 rings (SSSR count). The summed E-state index contributed by atoms with van der Waals surface area (Å²) < 4.78 is 24.4. The van der Waals surface area contributed by atoms with Gasteiger partial charge in [-0.15, -0.1) is 0 Å². The first-order valence-corrected chi connectivity index (χ1v) is 10.7. The van der Waals surface area contributed by atoms with Crippen molar-refractivity contribution in [3.05, 3.63) is 30.3 Å². The van der Waals surface area contributed by atoms with E-state index in [4.69, 9.17) is 0 Å². The van der Waals surface area contributed by atoms with Crippen LogP contribution in [0.3, 0.4) is 0 Å². The van der Waals surface area contributed by atoms with Crippen molar-refractivity contribution in [1.82, 2.24) is 15.5 Å². The van der Waals surface area contributed by atoms with E-state index in [9.17, 15) is 8.42 Å². The van der Waals surface area contributed by atoms with E-state index in [1.165, 1.54) is 32.4 Å². The van der Waals surface area contributed by atoms with Crippen LogP contribution in [0.1, 0.15) is 25.7 Å². The summed E-state index contributed by atoms with van der Waals surface area (Å²) in [4.78, 5) is 7.05. The molecule has 140 valence electrons. The first-order valence-electron chi connectivity index (χ1n) is 9.06. The van der Waals surface area contributed by atoms with Crippen LogP contribution in [0.2, 0.25) is 0 Å². The Morgan fingerprint density at radius 3 is 2.44 bits per heavy atom. The molecule has 1 heterocycles. The standard InChI is InChI=1S/C18H30N4O2S/c1-19-18(21-12-15-22-13-6-3-7-14-22)20-11-8-16-25(23,24)17-9-4-2-5-10-17/h2,4-5,9-10H,3,6-8,11-16H2,1H3,(H2,19,20,21). The van der Waals surface area contributed by atoms with Crippen LogP contribution in [0.4, 0.5) is 0 Å². The Labute approximate surface area is 151 Å². The minimum Gasteiger partial charge on any atom is -0.356 e. The molecule has 2 N–H and O–H groups in total. The zero-order valence-electron chi connectivity index (χ0n) is 15.1. The van der Waals surface area contributed by atoms with Crippen LogP contribution in [0.25, 0.3) is 0 Å². The minimum absolute atomic E-state index is 0.134. The van der Waals surface area contributed by atoms with E-state index in [0.29, 0.717) is 17.9 Å².